The van der Waals surface area contributed by atoms with E-state index in [9.17, 15) is 5.11 Å². The first kappa shape index (κ1) is 13.4. The highest BCUT2D eigenvalue weighted by molar-refractivity contribution is 5.55. The maximum absolute atomic E-state index is 10.5. The molecule has 0 heterocycles. The van der Waals surface area contributed by atoms with Crippen molar-refractivity contribution in [3.05, 3.63) is 58.7 Å². The summed E-state index contributed by atoms with van der Waals surface area (Å²) in [6.45, 7) is 4.00. The summed E-state index contributed by atoms with van der Waals surface area (Å²) in [5.41, 5.74) is 10.3. The lowest BCUT2D eigenvalue weighted by atomic mass is 9.95. The normalized spacial score (nSPS) is 12.2. The van der Waals surface area contributed by atoms with Gasteiger partial charge in [-0.05, 0) is 42.7 Å². The molecule has 0 spiro atoms. The van der Waals surface area contributed by atoms with Gasteiger partial charge in [0.05, 0.1) is 12.8 Å². The lowest BCUT2D eigenvalue weighted by molar-refractivity contribution is 0.219. The van der Waals surface area contributed by atoms with Gasteiger partial charge in [-0.1, -0.05) is 29.8 Å². The average molecular weight is 257 g/mol. The molecule has 0 aliphatic rings. The number of nitrogens with two attached hydrogens (primary N) is 1. The molecule has 0 unspecified atom stereocenters. The van der Waals surface area contributed by atoms with Gasteiger partial charge in [-0.2, -0.15) is 0 Å². The molecule has 0 fully saturated rings. The van der Waals surface area contributed by atoms with Gasteiger partial charge in [-0.3, -0.25) is 0 Å². The number of nitrogen functional groups attached to an aromatic ring is 1. The summed E-state index contributed by atoms with van der Waals surface area (Å²) >= 11 is 0. The van der Waals surface area contributed by atoms with Crippen LogP contribution in [0.2, 0.25) is 0 Å². The van der Waals surface area contributed by atoms with Crippen LogP contribution in [0.5, 0.6) is 5.75 Å². The van der Waals surface area contributed by atoms with Gasteiger partial charge >= 0.3 is 0 Å². The van der Waals surface area contributed by atoms with Gasteiger partial charge in [-0.25, -0.2) is 0 Å². The predicted octanol–water partition coefficient (Wildman–Crippen LogP) is 2.98. The molecule has 2 aromatic carbocycles. The van der Waals surface area contributed by atoms with Crippen LogP contribution in [-0.2, 0) is 0 Å². The fraction of sp³-hybridized carbons (Fsp3) is 0.250. The Bertz CT molecular complexity index is 593. The molecule has 0 saturated heterocycles. The zero-order valence-corrected chi connectivity index (χ0v) is 11.5. The highest BCUT2D eigenvalue weighted by Gasteiger charge is 2.14. The van der Waals surface area contributed by atoms with Gasteiger partial charge in [0.15, 0.2) is 0 Å². The van der Waals surface area contributed by atoms with Crippen LogP contribution < -0.4 is 10.5 Å². The second-order valence-electron chi connectivity index (χ2n) is 4.76. The van der Waals surface area contributed by atoms with Gasteiger partial charge in [0.1, 0.15) is 11.9 Å². The summed E-state index contributed by atoms with van der Waals surface area (Å²) in [5.74, 6) is 0.622. The van der Waals surface area contributed by atoms with Crippen LogP contribution in [0.15, 0.2) is 36.4 Å². The van der Waals surface area contributed by atoms with E-state index in [1.54, 1.807) is 19.2 Å². The van der Waals surface area contributed by atoms with E-state index in [1.807, 2.05) is 38.1 Å². The molecule has 0 aromatic heterocycles. The van der Waals surface area contributed by atoms with E-state index in [4.69, 9.17) is 10.5 Å². The predicted molar refractivity (Wildman–Crippen MR) is 77.4 cm³/mol. The monoisotopic (exact) mass is 257 g/mol. The summed E-state index contributed by atoms with van der Waals surface area (Å²) in [6, 6.07) is 11.4. The highest BCUT2D eigenvalue weighted by atomic mass is 16.5. The molecule has 3 heteroatoms. The number of ether oxygens (including phenoxy) is 1. The Morgan fingerprint density at radius 2 is 1.84 bits per heavy atom. The van der Waals surface area contributed by atoms with Crippen molar-refractivity contribution < 1.29 is 9.84 Å². The zero-order valence-electron chi connectivity index (χ0n) is 11.5. The lowest BCUT2D eigenvalue weighted by Crippen LogP contribution is -2.04. The van der Waals surface area contributed by atoms with Crippen molar-refractivity contribution in [3.63, 3.8) is 0 Å². The molecule has 19 heavy (non-hydrogen) atoms. The number of methoxy groups -OCH3 is 1. The van der Waals surface area contributed by atoms with E-state index < -0.39 is 6.10 Å². The molecule has 0 amide bonds. The molecule has 1 atom stereocenters. The van der Waals surface area contributed by atoms with Crippen LogP contribution in [0, 0.1) is 13.8 Å². The van der Waals surface area contributed by atoms with Crippen LogP contribution in [0.3, 0.4) is 0 Å². The second kappa shape index (κ2) is 5.33. The largest absolute Gasteiger partial charge is 0.495 e. The Kier molecular flexibility index (Phi) is 3.76. The number of aliphatic hydroxyl groups excluding tert-OH is 1. The van der Waals surface area contributed by atoms with Gasteiger partial charge in [0.2, 0.25) is 0 Å². The number of hydrogen-bond donors (Lipinski definition) is 2. The molecular weight excluding hydrogens is 238 g/mol. The molecule has 100 valence electrons. The van der Waals surface area contributed by atoms with Crippen LogP contribution >= 0.6 is 0 Å². The standard InChI is InChI=1S/C16H19NO2/c1-10-4-5-11(2)13(8-10)16(18)12-6-7-15(19-3)14(17)9-12/h4-9,16,18H,17H2,1-3H3/t16-/m1/s1. The van der Waals surface area contributed by atoms with Crippen molar-refractivity contribution in [2.75, 3.05) is 12.8 Å². The summed E-state index contributed by atoms with van der Waals surface area (Å²) in [4.78, 5) is 0. The third-order valence-electron chi connectivity index (χ3n) is 3.30. The van der Waals surface area contributed by atoms with Crippen LogP contribution in [0.25, 0.3) is 0 Å². The van der Waals surface area contributed by atoms with Crippen molar-refractivity contribution in [1.82, 2.24) is 0 Å². The molecule has 2 aromatic rings. The smallest absolute Gasteiger partial charge is 0.141 e. The van der Waals surface area contributed by atoms with Crippen molar-refractivity contribution in [2.24, 2.45) is 0 Å². The Balaban J connectivity index is 2.41. The van der Waals surface area contributed by atoms with Crippen LogP contribution in [-0.4, -0.2) is 12.2 Å². The summed E-state index contributed by atoms with van der Waals surface area (Å²) < 4.78 is 5.12. The summed E-state index contributed by atoms with van der Waals surface area (Å²) in [5, 5.41) is 10.5. The van der Waals surface area contributed by atoms with Crippen LogP contribution in [0.4, 0.5) is 5.69 Å². The molecule has 3 nitrogen and oxygen atoms in total. The SMILES string of the molecule is COc1ccc([C@@H](O)c2cc(C)ccc2C)cc1N. The first-order valence-corrected chi connectivity index (χ1v) is 6.21. The Morgan fingerprint density at radius 3 is 2.47 bits per heavy atom. The summed E-state index contributed by atoms with van der Waals surface area (Å²) in [6.07, 6.45) is -0.673. The molecule has 3 N–H and O–H groups in total. The number of aryl methyl sites for hydroxylation is 2. The van der Waals surface area contributed by atoms with E-state index in [-0.39, 0.29) is 0 Å². The van der Waals surface area contributed by atoms with Gasteiger partial charge < -0.3 is 15.6 Å². The van der Waals surface area contributed by atoms with Gasteiger partial charge in [-0.15, -0.1) is 0 Å². The molecule has 0 aliphatic heterocycles. The fourth-order valence-electron chi connectivity index (χ4n) is 2.16. The molecule has 0 bridgehead atoms. The first-order chi connectivity index (χ1) is 9.02. The Hall–Kier alpha value is -2.00. The quantitative estimate of drug-likeness (QED) is 0.831. The topological polar surface area (TPSA) is 55.5 Å². The van der Waals surface area contributed by atoms with E-state index in [1.165, 1.54) is 0 Å². The zero-order chi connectivity index (χ0) is 14.0. The third-order valence-corrected chi connectivity index (χ3v) is 3.30. The van der Waals surface area contributed by atoms with E-state index >= 15 is 0 Å². The van der Waals surface area contributed by atoms with Crippen molar-refractivity contribution in [2.45, 2.75) is 20.0 Å². The number of anilines is 1. The lowest BCUT2D eigenvalue weighted by Gasteiger charge is -2.16. The molecule has 0 radical (unpaired) electrons. The highest BCUT2D eigenvalue weighted by Crippen LogP contribution is 2.30. The summed E-state index contributed by atoms with van der Waals surface area (Å²) in [7, 11) is 1.58. The number of benzene rings is 2. The van der Waals surface area contributed by atoms with E-state index in [0.717, 1.165) is 22.3 Å². The van der Waals surface area contributed by atoms with Crippen molar-refractivity contribution >= 4 is 5.69 Å². The maximum atomic E-state index is 10.5. The van der Waals surface area contributed by atoms with E-state index in [0.29, 0.717) is 11.4 Å². The molecular formula is C16H19NO2. The minimum absolute atomic E-state index is 0.532. The van der Waals surface area contributed by atoms with Gasteiger partial charge in [0, 0.05) is 0 Å². The third kappa shape index (κ3) is 2.71. The second-order valence-corrected chi connectivity index (χ2v) is 4.76. The van der Waals surface area contributed by atoms with E-state index in [2.05, 4.69) is 0 Å². The number of aliphatic hydroxyl groups is 1. The van der Waals surface area contributed by atoms with Gasteiger partial charge in [0.25, 0.3) is 0 Å². The molecule has 0 saturated carbocycles. The average Bonchev–Trinajstić information content (AvgIpc) is 2.40. The minimum Gasteiger partial charge on any atom is -0.495 e. The maximum Gasteiger partial charge on any atom is 0.141 e. The number of rotatable bonds is 3. The van der Waals surface area contributed by atoms with Crippen LogP contribution in [0.1, 0.15) is 28.4 Å². The minimum atomic E-state index is -0.673. The number of hydrogen-bond acceptors (Lipinski definition) is 3. The van der Waals surface area contributed by atoms with Crippen molar-refractivity contribution in [1.29, 1.82) is 0 Å². The first-order valence-electron chi connectivity index (χ1n) is 6.21. The Labute approximate surface area is 113 Å². The fourth-order valence-corrected chi connectivity index (χ4v) is 2.16. The Morgan fingerprint density at radius 1 is 1.11 bits per heavy atom. The molecule has 0 aliphatic carbocycles. The molecule has 2 rings (SSSR count). The van der Waals surface area contributed by atoms with Crippen molar-refractivity contribution in [3.8, 4) is 5.75 Å².